The van der Waals surface area contributed by atoms with Crippen LogP contribution < -0.4 is 5.32 Å². The summed E-state index contributed by atoms with van der Waals surface area (Å²) in [5.41, 5.74) is 0. The Hall–Kier alpha value is -1.08. The smallest absolute Gasteiger partial charge is 0.265 e. The van der Waals surface area contributed by atoms with E-state index in [1.54, 1.807) is 12.5 Å². The minimum Gasteiger partial charge on any atom is -0.462 e. The van der Waals surface area contributed by atoms with Crippen molar-refractivity contribution in [2.24, 2.45) is 11.8 Å². The molecule has 0 aliphatic carbocycles. The number of hydrogen-bond acceptors (Lipinski definition) is 5. The van der Waals surface area contributed by atoms with Gasteiger partial charge in [0.15, 0.2) is 10.8 Å². The van der Waals surface area contributed by atoms with Gasteiger partial charge in [-0.1, -0.05) is 0 Å². The average Bonchev–Trinajstić information content (AvgIpc) is 3.19. The van der Waals surface area contributed by atoms with Crippen molar-refractivity contribution >= 4 is 42.1 Å². The zero-order valence-electron chi connectivity index (χ0n) is 11.7. The summed E-state index contributed by atoms with van der Waals surface area (Å²) in [6.07, 6.45) is 3.28. The maximum Gasteiger partial charge on any atom is 0.265 e. The largest absolute Gasteiger partial charge is 0.462 e. The van der Waals surface area contributed by atoms with Crippen LogP contribution in [-0.2, 0) is 0 Å². The van der Waals surface area contributed by atoms with Gasteiger partial charge in [-0.25, -0.2) is 4.98 Å². The molecule has 5 nitrogen and oxygen atoms in total. The molecule has 0 aromatic carbocycles. The van der Waals surface area contributed by atoms with Crippen molar-refractivity contribution in [2.45, 2.75) is 0 Å². The minimum atomic E-state index is 0. The standard InChI is InChI=1S/C14H15N3O2S.2ClH/c18-14(17-7-9-4-15-5-10(9)8-17)12-6-16-13(20-12)11-2-1-3-19-11;;/h1-3,6,9-10,15H,4-5,7-8H2;2*1H/t9-,10+;;. The van der Waals surface area contributed by atoms with E-state index in [9.17, 15) is 4.79 Å². The number of fused-ring (bicyclic) bond motifs is 1. The van der Waals surface area contributed by atoms with E-state index in [1.807, 2.05) is 17.0 Å². The molecule has 2 aliphatic rings. The van der Waals surface area contributed by atoms with Crippen molar-refractivity contribution in [3.05, 3.63) is 29.5 Å². The molecule has 2 saturated heterocycles. The van der Waals surface area contributed by atoms with E-state index in [1.165, 1.54) is 11.3 Å². The Morgan fingerprint density at radius 2 is 2.05 bits per heavy atom. The molecular formula is C14H17Cl2N3O2S. The minimum absolute atomic E-state index is 0. The number of halogens is 2. The van der Waals surface area contributed by atoms with E-state index >= 15 is 0 Å². The summed E-state index contributed by atoms with van der Waals surface area (Å²) in [4.78, 5) is 19.5. The summed E-state index contributed by atoms with van der Waals surface area (Å²) in [6, 6.07) is 3.69. The van der Waals surface area contributed by atoms with E-state index in [4.69, 9.17) is 4.42 Å². The van der Waals surface area contributed by atoms with Crippen LogP contribution in [-0.4, -0.2) is 42.0 Å². The van der Waals surface area contributed by atoms with Crippen LogP contribution >= 0.6 is 36.2 Å². The second-order valence-electron chi connectivity index (χ2n) is 5.40. The molecule has 22 heavy (non-hydrogen) atoms. The Morgan fingerprint density at radius 3 is 2.68 bits per heavy atom. The SMILES string of the molecule is Cl.Cl.O=C(c1cnc(-c2ccco2)s1)N1C[C@H]2CNC[C@H]2C1. The number of furan rings is 1. The van der Waals surface area contributed by atoms with Gasteiger partial charge in [-0.05, 0) is 24.0 Å². The van der Waals surface area contributed by atoms with Gasteiger partial charge in [0.1, 0.15) is 4.88 Å². The number of nitrogens with zero attached hydrogens (tertiary/aromatic N) is 2. The highest BCUT2D eigenvalue weighted by Crippen LogP contribution is 2.30. The number of likely N-dealkylation sites (tertiary alicyclic amines) is 1. The number of amides is 1. The first-order chi connectivity index (χ1) is 9.81. The van der Waals surface area contributed by atoms with E-state index < -0.39 is 0 Å². The van der Waals surface area contributed by atoms with E-state index in [0.717, 1.165) is 36.9 Å². The summed E-state index contributed by atoms with van der Waals surface area (Å²) in [5.74, 6) is 2.07. The van der Waals surface area contributed by atoms with E-state index in [0.29, 0.717) is 16.7 Å². The number of carbonyl (C=O) groups excluding carboxylic acids is 1. The maximum atomic E-state index is 12.5. The average molecular weight is 362 g/mol. The first kappa shape index (κ1) is 17.3. The molecule has 0 spiro atoms. The molecule has 0 unspecified atom stereocenters. The first-order valence-electron chi connectivity index (χ1n) is 6.81. The van der Waals surface area contributed by atoms with Crippen LogP contribution in [0.3, 0.4) is 0 Å². The molecule has 120 valence electrons. The van der Waals surface area contributed by atoms with Crippen molar-refractivity contribution < 1.29 is 9.21 Å². The van der Waals surface area contributed by atoms with Crippen LogP contribution in [0.15, 0.2) is 29.0 Å². The summed E-state index contributed by atoms with van der Waals surface area (Å²) in [6.45, 7) is 3.80. The lowest BCUT2D eigenvalue weighted by molar-refractivity contribution is 0.0786. The molecule has 4 rings (SSSR count). The van der Waals surface area contributed by atoms with Gasteiger partial charge in [0.05, 0.1) is 12.5 Å². The second-order valence-corrected chi connectivity index (χ2v) is 6.43. The fraction of sp³-hybridized carbons (Fsp3) is 0.429. The van der Waals surface area contributed by atoms with Crippen molar-refractivity contribution in [1.82, 2.24) is 15.2 Å². The molecule has 0 bridgehead atoms. The summed E-state index contributed by atoms with van der Waals surface area (Å²) < 4.78 is 5.31. The van der Waals surface area contributed by atoms with Crippen LogP contribution in [0.1, 0.15) is 9.67 Å². The van der Waals surface area contributed by atoms with Crippen molar-refractivity contribution in [3.8, 4) is 10.8 Å². The highest BCUT2D eigenvalue weighted by atomic mass is 35.5. The number of carbonyl (C=O) groups is 1. The molecule has 2 aliphatic heterocycles. The summed E-state index contributed by atoms with van der Waals surface area (Å²) >= 11 is 1.40. The third-order valence-electron chi connectivity index (χ3n) is 4.13. The van der Waals surface area contributed by atoms with Gasteiger partial charge in [0, 0.05) is 26.2 Å². The Bertz CT molecular complexity index is 620. The topological polar surface area (TPSA) is 58.4 Å². The number of nitrogens with one attached hydrogen (secondary N) is 1. The number of hydrogen-bond donors (Lipinski definition) is 1. The zero-order chi connectivity index (χ0) is 13.5. The van der Waals surface area contributed by atoms with Crippen LogP contribution in [0.25, 0.3) is 10.8 Å². The van der Waals surface area contributed by atoms with Gasteiger partial charge in [-0.2, -0.15) is 0 Å². The normalized spacial score (nSPS) is 22.8. The van der Waals surface area contributed by atoms with E-state index in [2.05, 4.69) is 10.3 Å². The Balaban J connectivity index is 0.000000882. The van der Waals surface area contributed by atoms with Crippen molar-refractivity contribution in [1.29, 1.82) is 0 Å². The zero-order valence-corrected chi connectivity index (χ0v) is 14.2. The molecule has 2 atom stereocenters. The van der Waals surface area contributed by atoms with Gasteiger partial charge in [-0.15, -0.1) is 36.2 Å². The number of rotatable bonds is 2. The van der Waals surface area contributed by atoms with Crippen molar-refractivity contribution in [3.63, 3.8) is 0 Å². The highest BCUT2D eigenvalue weighted by Gasteiger charge is 2.38. The highest BCUT2D eigenvalue weighted by molar-refractivity contribution is 7.16. The Kier molecular flexibility index (Phi) is 5.50. The van der Waals surface area contributed by atoms with E-state index in [-0.39, 0.29) is 30.7 Å². The third-order valence-corrected chi connectivity index (χ3v) is 5.13. The Morgan fingerprint density at radius 1 is 1.32 bits per heavy atom. The lowest BCUT2D eigenvalue weighted by atomic mass is 10.0. The van der Waals surface area contributed by atoms with Crippen LogP contribution in [0, 0.1) is 11.8 Å². The van der Waals surface area contributed by atoms with Gasteiger partial charge in [0.25, 0.3) is 5.91 Å². The molecule has 1 N–H and O–H groups in total. The van der Waals surface area contributed by atoms with Crippen LogP contribution in [0.4, 0.5) is 0 Å². The van der Waals surface area contributed by atoms with Gasteiger partial charge in [0.2, 0.25) is 0 Å². The second kappa shape index (κ2) is 7.00. The first-order valence-corrected chi connectivity index (χ1v) is 7.62. The predicted octanol–water partition coefficient (Wildman–Crippen LogP) is 2.54. The molecule has 2 aromatic heterocycles. The fourth-order valence-corrected chi connectivity index (χ4v) is 3.92. The summed E-state index contributed by atoms with van der Waals surface area (Å²) in [5, 5.41) is 4.15. The summed E-state index contributed by atoms with van der Waals surface area (Å²) in [7, 11) is 0. The maximum absolute atomic E-state index is 12.5. The molecule has 2 fully saturated rings. The molecule has 8 heteroatoms. The van der Waals surface area contributed by atoms with Crippen molar-refractivity contribution in [2.75, 3.05) is 26.2 Å². The molecule has 0 radical (unpaired) electrons. The third kappa shape index (κ3) is 3.01. The van der Waals surface area contributed by atoms with Gasteiger partial charge < -0.3 is 14.6 Å². The molecule has 2 aromatic rings. The lowest BCUT2D eigenvalue weighted by Gasteiger charge is -2.15. The molecular weight excluding hydrogens is 345 g/mol. The monoisotopic (exact) mass is 361 g/mol. The van der Waals surface area contributed by atoms with Crippen LogP contribution in [0.5, 0.6) is 0 Å². The Labute approximate surface area is 144 Å². The van der Waals surface area contributed by atoms with Gasteiger partial charge >= 0.3 is 0 Å². The molecule has 1 amide bonds. The molecule has 0 saturated carbocycles. The number of thiazole rings is 1. The molecule has 4 heterocycles. The quantitative estimate of drug-likeness (QED) is 0.892. The van der Waals surface area contributed by atoms with Gasteiger partial charge in [-0.3, -0.25) is 4.79 Å². The fourth-order valence-electron chi connectivity index (χ4n) is 3.06. The predicted molar refractivity (Wildman–Crippen MR) is 90.1 cm³/mol. The van der Waals surface area contributed by atoms with Crippen LogP contribution in [0.2, 0.25) is 0 Å². The lowest BCUT2D eigenvalue weighted by Crippen LogP contribution is -2.31. The number of aromatic nitrogens is 1.